The lowest BCUT2D eigenvalue weighted by molar-refractivity contribution is -0.128. The molecular weight excluding hydrogens is 352 g/mol. The highest BCUT2D eigenvalue weighted by molar-refractivity contribution is 5.78. The third kappa shape index (κ3) is 3.41. The van der Waals surface area contributed by atoms with Crippen molar-refractivity contribution < 1.29 is 4.79 Å². The summed E-state index contributed by atoms with van der Waals surface area (Å²) in [5.41, 5.74) is 2.33. The summed E-state index contributed by atoms with van der Waals surface area (Å²) >= 11 is 0. The molecule has 0 N–H and O–H groups in total. The Labute approximate surface area is 165 Å². The maximum atomic E-state index is 11.9. The smallest absolute Gasteiger partial charge is 0.245 e. The number of amides is 1. The third-order valence-electron chi connectivity index (χ3n) is 6.29. The van der Waals surface area contributed by atoms with Gasteiger partial charge in [-0.1, -0.05) is 41.5 Å². The van der Waals surface area contributed by atoms with E-state index >= 15 is 0 Å². The SMILES string of the molecule is O=C1CCCN1Cc1cccc(Cn2nnnc2N2C[C@H]3CC=CC[C@H]3C2)c1. The number of hydrogen-bond acceptors (Lipinski definition) is 5. The average molecular weight is 378 g/mol. The number of rotatable bonds is 5. The summed E-state index contributed by atoms with van der Waals surface area (Å²) < 4.78 is 1.91. The molecule has 7 heteroatoms. The molecule has 3 heterocycles. The summed E-state index contributed by atoms with van der Waals surface area (Å²) in [6, 6.07) is 8.43. The molecule has 2 saturated heterocycles. The standard InChI is InChI=1S/C21H26N6O/c28-20-9-4-10-25(20)12-16-5-3-6-17(11-16)13-27-21(22-23-24-27)26-14-18-7-1-2-8-19(18)15-26/h1-3,5-6,11,18-19H,4,7-10,12-15H2/t18-,19+. The summed E-state index contributed by atoms with van der Waals surface area (Å²) in [7, 11) is 0. The molecule has 2 aliphatic heterocycles. The number of carbonyl (C=O) groups excluding carboxylic acids is 1. The number of benzene rings is 1. The molecule has 28 heavy (non-hydrogen) atoms. The number of fused-ring (bicyclic) bond motifs is 1. The van der Waals surface area contributed by atoms with Crippen LogP contribution in [0.3, 0.4) is 0 Å². The summed E-state index contributed by atoms with van der Waals surface area (Å²) in [4.78, 5) is 16.2. The lowest BCUT2D eigenvalue weighted by Crippen LogP contribution is -2.25. The molecule has 2 aromatic rings. The molecule has 0 radical (unpaired) electrons. The molecule has 5 rings (SSSR count). The Kier molecular flexibility index (Phi) is 4.58. The lowest BCUT2D eigenvalue weighted by atomic mass is 9.86. The Morgan fingerprint density at radius 3 is 2.50 bits per heavy atom. The van der Waals surface area contributed by atoms with E-state index in [0.717, 1.165) is 49.4 Å². The Bertz CT molecular complexity index is 875. The molecule has 0 spiro atoms. The van der Waals surface area contributed by atoms with Gasteiger partial charge in [-0.3, -0.25) is 4.79 Å². The fourth-order valence-electron chi connectivity index (χ4n) is 4.80. The third-order valence-corrected chi connectivity index (χ3v) is 6.29. The van der Waals surface area contributed by atoms with Gasteiger partial charge in [-0.05, 0) is 52.7 Å². The van der Waals surface area contributed by atoms with Crippen molar-refractivity contribution in [2.24, 2.45) is 11.8 Å². The van der Waals surface area contributed by atoms with Crippen molar-refractivity contribution in [3.8, 4) is 0 Å². The topological polar surface area (TPSA) is 67.2 Å². The first-order valence-corrected chi connectivity index (χ1v) is 10.3. The molecule has 3 aliphatic rings. The summed E-state index contributed by atoms with van der Waals surface area (Å²) in [5, 5.41) is 12.5. The van der Waals surface area contributed by atoms with Crippen LogP contribution in [-0.4, -0.2) is 50.6 Å². The van der Waals surface area contributed by atoms with Crippen molar-refractivity contribution in [1.29, 1.82) is 0 Å². The second-order valence-corrected chi connectivity index (χ2v) is 8.24. The van der Waals surface area contributed by atoms with Crippen LogP contribution in [0.1, 0.15) is 36.8 Å². The van der Waals surface area contributed by atoms with Crippen LogP contribution >= 0.6 is 0 Å². The molecule has 1 amide bonds. The minimum atomic E-state index is 0.262. The van der Waals surface area contributed by atoms with E-state index in [0.29, 0.717) is 19.5 Å². The van der Waals surface area contributed by atoms with E-state index in [1.807, 2.05) is 9.58 Å². The van der Waals surface area contributed by atoms with Crippen molar-refractivity contribution >= 4 is 11.9 Å². The minimum absolute atomic E-state index is 0.262. The normalized spacial score (nSPS) is 24.2. The quantitative estimate of drug-likeness (QED) is 0.747. The fourth-order valence-corrected chi connectivity index (χ4v) is 4.80. The molecule has 7 nitrogen and oxygen atoms in total. The minimum Gasteiger partial charge on any atom is -0.339 e. The molecular formula is C21H26N6O. The molecule has 1 aromatic carbocycles. The molecule has 1 aromatic heterocycles. The highest BCUT2D eigenvalue weighted by Gasteiger charge is 2.35. The van der Waals surface area contributed by atoms with Gasteiger partial charge in [0.05, 0.1) is 6.54 Å². The molecule has 0 saturated carbocycles. The van der Waals surface area contributed by atoms with Crippen molar-refractivity contribution in [3.05, 3.63) is 47.5 Å². The van der Waals surface area contributed by atoms with Crippen molar-refractivity contribution in [3.63, 3.8) is 0 Å². The first-order valence-electron chi connectivity index (χ1n) is 10.3. The Morgan fingerprint density at radius 1 is 1.04 bits per heavy atom. The molecule has 0 unspecified atom stereocenters. The van der Waals surface area contributed by atoms with E-state index in [4.69, 9.17) is 0 Å². The van der Waals surface area contributed by atoms with Gasteiger partial charge >= 0.3 is 0 Å². The van der Waals surface area contributed by atoms with E-state index in [-0.39, 0.29) is 5.91 Å². The summed E-state index contributed by atoms with van der Waals surface area (Å²) in [6.07, 6.45) is 8.61. The first-order chi connectivity index (χ1) is 13.8. The highest BCUT2D eigenvalue weighted by Crippen LogP contribution is 2.34. The zero-order valence-electron chi connectivity index (χ0n) is 16.1. The van der Waals surface area contributed by atoms with Crippen LogP contribution in [0.5, 0.6) is 0 Å². The number of carbonyl (C=O) groups is 1. The Morgan fingerprint density at radius 2 is 1.79 bits per heavy atom. The number of nitrogens with zero attached hydrogens (tertiary/aromatic N) is 6. The molecule has 146 valence electrons. The van der Waals surface area contributed by atoms with Gasteiger partial charge in [0.1, 0.15) is 0 Å². The van der Waals surface area contributed by atoms with E-state index < -0.39 is 0 Å². The second kappa shape index (κ2) is 7.37. The van der Waals surface area contributed by atoms with E-state index in [9.17, 15) is 4.79 Å². The number of hydrogen-bond donors (Lipinski definition) is 0. The monoisotopic (exact) mass is 378 g/mol. The van der Waals surface area contributed by atoms with Gasteiger partial charge in [-0.2, -0.15) is 0 Å². The summed E-state index contributed by atoms with van der Waals surface area (Å²) in [6.45, 7) is 4.27. The van der Waals surface area contributed by atoms with Gasteiger partial charge < -0.3 is 9.80 Å². The lowest BCUT2D eigenvalue weighted by Gasteiger charge is -2.18. The van der Waals surface area contributed by atoms with Crippen LogP contribution in [0, 0.1) is 11.8 Å². The van der Waals surface area contributed by atoms with Gasteiger partial charge in [0.25, 0.3) is 0 Å². The zero-order chi connectivity index (χ0) is 18.9. The fraction of sp³-hybridized carbons (Fsp3) is 0.524. The van der Waals surface area contributed by atoms with Crippen molar-refractivity contribution in [1.82, 2.24) is 25.1 Å². The van der Waals surface area contributed by atoms with Crippen LogP contribution in [0.4, 0.5) is 5.95 Å². The van der Waals surface area contributed by atoms with E-state index in [2.05, 4.69) is 56.8 Å². The van der Waals surface area contributed by atoms with Crippen LogP contribution in [0.2, 0.25) is 0 Å². The zero-order valence-corrected chi connectivity index (χ0v) is 16.1. The van der Waals surface area contributed by atoms with E-state index in [1.54, 1.807) is 0 Å². The number of tetrazole rings is 1. The van der Waals surface area contributed by atoms with Crippen molar-refractivity contribution in [2.75, 3.05) is 24.5 Å². The predicted octanol–water partition coefficient (Wildman–Crippen LogP) is 2.25. The first kappa shape index (κ1) is 17.4. The predicted molar refractivity (Wildman–Crippen MR) is 106 cm³/mol. The van der Waals surface area contributed by atoms with Gasteiger partial charge in [0, 0.05) is 32.6 Å². The van der Waals surface area contributed by atoms with Crippen LogP contribution in [-0.2, 0) is 17.9 Å². The van der Waals surface area contributed by atoms with Crippen LogP contribution in [0.15, 0.2) is 36.4 Å². The number of anilines is 1. The Hall–Kier alpha value is -2.70. The van der Waals surface area contributed by atoms with Crippen molar-refractivity contribution in [2.45, 2.75) is 38.8 Å². The largest absolute Gasteiger partial charge is 0.339 e. The Balaban J connectivity index is 1.29. The molecule has 1 aliphatic carbocycles. The van der Waals surface area contributed by atoms with Gasteiger partial charge in [0.15, 0.2) is 0 Å². The van der Waals surface area contributed by atoms with Gasteiger partial charge in [0.2, 0.25) is 11.9 Å². The molecule has 2 fully saturated rings. The number of aromatic nitrogens is 4. The van der Waals surface area contributed by atoms with Gasteiger partial charge in [-0.15, -0.1) is 0 Å². The number of allylic oxidation sites excluding steroid dienone is 2. The molecule has 0 bridgehead atoms. The highest BCUT2D eigenvalue weighted by atomic mass is 16.2. The van der Waals surface area contributed by atoms with Crippen LogP contribution < -0.4 is 4.90 Å². The van der Waals surface area contributed by atoms with E-state index in [1.165, 1.54) is 18.4 Å². The average Bonchev–Trinajstić information content (AvgIpc) is 3.42. The maximum Gasteiger partial charge on any atom is 0.245 e. The van der Waals surface area contributed by atoms with Gasteiger partial charge in [-0.25, -0.2) is 4.68 Å². The number of likely N-dealkylation sites (tertiary alicyclic amines) is 1. The summed E-state index contributed by atoms with van der Waals surface area (Å²) in [5.74, 6) is 2.57. The molecule has 2 atom stereocenters. The maximum absolute atomic E-state index is 11.9. The van der Waals surface area contributed by atoms with Crippen LogP contribution in [0.25, 0.3) is 0 Å². The second-order valence-electron chi connectivity index (χ2n) is 8.24.